The molecule has 0 spiro atoms. The maximum absolute atomic E-state index is 15.9. The molecule has 0 aromatic heterocycles. The van der Waals surface area contributed by atoms with Crippen LogP contribution in [0.5, 0.6) is 11.5 Å². The summed E-state index contributed by atoms with van der Waals surface area (Å²) in [6, 6.07) is 4.52. The van der Waals surface area contributed by atoms with E-state index in [9.17, 15) is 32.2 Å². The Labute approximate surface area is 163 Å². The average Bonchev–Trinajstić information content (AvgIpc) is 2.64. The Bertz CT molecular complexity index is 858. The second-order valence-electron chi connectivity index (χ2n) is 6.40. The van der Waals surface area contributed by atoms with Crippen molar-refractivity contribution in [2.75, 3.05) is 0 Å². The zero-order chi connectivity index (χ0) is 22.0. The van der Waals surface area contributed by atoms with E-state index in [-0.39, 0.29) is 24.0 Å². The van der Waals surface area contributed by atoms with Crippen molar-refractivity contribution in [3.63, 3.8) is 0 Å². The third-order valence-corrected chi connectivity index (χ3v) is 4.47. The van der Waals surface area contributed by atoms with E-state index in [1.165, 1.54) is 12.2 Å². The van der Waals surface area contributed by atoms with Crippen molar-refractivity contribution in [3.8, 4) is 11.5 Å². The normalized spacial score (nSPS) is 12.6. The molecule has 0 atom stereocenters. The Morgan fingerprint density at radius 3 is 1.41 bits per heavy atom. The van der Waals surface area contributed by atoms with E-state index in [1.54, 1.807) is 0 Å². The van der Waals surface area contributed by atoms with Crippen LogP contribution in [-0.2, 0) is 18.5 Å². The highest BCUT2D eigenvalue weighted by Crippen LogP contribution is 2.55. The van der Waals surface area contributed by atoms with Crippen LogP contribution in [0, 0.1) is 0 Å². The second kappa shape index (κ2) is 7.85. The molecule has 8 heteroatoms. The summed E-state index contributed by atoms with van der Waals surface area (Å²) in [6.07, 6.45) is -3.81. The van der Waals surface area contributed by atoms with Gasteiger partial charge in [0.25, 0.3) is 0 Å². The highest BCUT2D eigenvalue weighted by atomic mass is 19.4. The van der Waals surface area contributed by atoms with Gasteiger partial charge in [-0.15, -0.1) is 13.2 Å². The predicted octanol–water partition coefficient (Wildman–Crippen LogP) is 5.97. The lowest BCUT2D eigenvalue weighted by molar-refractivity contribution is -0.323. The minimum atomic E-state index is -6.21. The highest BCUT2D eigenvalue weighted by Gasteiger charge is 2.72. The fraction of sp³-hybridized carbons (Fsp3) is 0.238. The van der Waals surface area contributed by atoms with Gasteiger partial charge in [0, 0.05) is 11.1 Å². The Hall–Kier alpha value is -2.90. The molecule has 0 saturated carbocycles. The molecule has 0 aliphatic rings. The molecule has 0 aliphatic heterocycles. The summed E-state index contributed by atoms with van der Waals surface area (Å²) < 4.78 is 84.7. The molecule has 0 unspecified atom stereocenters. The summed E-state index contributed by atoms with van der Waals surface area (Å²) in [5.41, 5.74) is -6.45. The number of phenolic OH excluding ortho intramolecular Hbond substituents is 2. The molecule has 0 heterocycles. The molecule has 2 rings (SSSR count). The standard InChI is InChI=1S/C21H18F6O2/c1-3-5-13-11-15(7-9-17(13)28)19(22,20(23,24)21(25,26)27)16-8-10-18(29)14(12-16)6-4-2/h3-4,7-12,28-29H,1-2,5-6H2. The van der Waals surface area contributed by atoms with E-state index in [2.05, 4.69) is 13.2 Å². The van der Waals surface area contributed by atoms with E-state index in [0.717, 1.165) is 24.3 Å². The number of phenols is 2. The van der Waals surface area contributed by atoms with Crippen molar-refractivity contribution in [3.05, 3.63) is 84.0 Å². The molecule has 2 nitrogen and oxygen atoms in total. The molecule has 2 aromatic carbocycles. The SMILES string of the molecule is C=CCc1cc(C(F)(c2ccc(O)c(CC=C)c2)C(F)(F)C(F)(F)F)ccc1O. The Morgan fingerprint density at radius 1 is 0.724 bits per heavy atom. The number of rotatable bonds is 7. The average molecular weight is 416 g/mol. The maximum Gasteiger partial charge on any atom is 0.457 e. The van der Waals surface area contributed by atoms with Crippen LogP contribution in [0.2, 0.25) is 0 Å². The van der Waals surface area contributed by atoms with Crippen LogP contribution in [0.4, 0.5) is 26.3 Å². The number of allylic oxidation sites excluding steroid dienone is 2. The third kappa shape index (κ3) is 3.83. The first-order valence-corrected chi connectivity index (χ1v) is 8.40. The topological polar surface area (TPSA) is 40.5 Å². The van der Waals surface area contributed by atoms with Crippen LogP contribution in [0.25, 0.3) is 0 Å². The number of hydrogen-bond acceptors (Lipinski definition) is 2. The maximum atomic E-state index is 15.9. The smallest absolute Gasteiger partial charge is 0.457 e. The van der Waals surface area contributed by atoms with Crippen molar-refractivity contribution in [2.45, 2.75) is 30.6 Å². The minimum absolute atomic E-state index is 0.0670. The molecular weight excluding hydrogens is 398 g/mol. The van der Waals surface area contributed by atoms with Crippen LogP contribution < -0.4 is 0 Å². The molecular formula is C21H18F6O2. The van der Waals surface area contributed by atoms with Gasteiger partial charge in [-0.05, 0) is 48.2 Å². The molecule has 0 amide bonds. The van der Waals surface area contributed by atoms with Crippen molar-refractivity contribution in [1.82, 2.24) is 0 Å². The zero-order valence-electron chi connectivity index (χ0n) is 15.1. The Balaban J connectivity index is 2.85. The first-order chi connectivity index (χ1) is 13.4. The minimum Gasteiger partial charge on any atom is -0.508 e. The van der Waals surface area contributed by atoms with Gasteiger partial charge in [0.1, 0.15) is 11.5 Å². The predicted molar refractivity (Wildman–Crippen MR) is 96.9 cm³/mol. The van der Waals surface area contributed by atoms with Crippen LogP contribution >= 0.6 is 0 Å². The van der Waals surface area contributed by atoms with Crippen LogP contribution in [0.15, 0.2) is 61.7 Å². The van der Waals surface area contributed by atoms with Crippen LogP contribution in [-0.4, -0.2) is 22.3 Å². The Kier molecular flexibility index (Phi) is 6.06. The largest absolute Gasteiger partial charge is 0.508 e. The molecule has 2 aromatic rings. The molecule has 29 heavy (non-hydrogen) atoms. The third-order valence-electron chi connectivity index (χ3n) is 4.47. The summed E-state index contributed by atoms with van der Waals surface area (Å²) in [5, 5.41) is 19.6. The van der Waals surface area contributed by atoms with Gasteiger partial charge >= 0.3 is 12.1 Å². The summed E-state index contributed by atoms with van der Waals surface area (Å²) in [4.78, 5) is 0. The lowest BCUT2D eigenvalue weighted by Crippen LogP contribution is -2.53. The van der Waals surface area contributed by atoms with Gasteiger partial charge in [0.05, 0.1) is 0 Å². The molecule has 2 N–H and O–H groups in total. The number of aromatic hydroxyl groups is 2. The van der Waals surface area contributed by atoms with Crippen LogP contribution in [0.1, 0.15) is 22.3 Å². The fourth-order valence-electron chi connectivity index (χ4n) is 2.96. The van der Waals surface area contributed by atoms with Gasteiger partial charge in [0.2, 0.25) is 5.67 Å². The van der Waals surface area contributed by atoms with Gasteiger partial charge in [0.15, 0.2) is 0 Å². The van der Waals surface area contributed by atoms with Crippen molar-refractivity contribution < 1.29 is 36.6 Å². The van der Waals surface area contributed by atoms with Gasteiger partial charge < -0.3 is 10.2 Å². The quantitative estimate of drug-likeness (QED) is 0.432. The van der Waals surface area contributed by atoms with Crippen molar-refractivity contribution in [2.24, 2.45) is 0 Å². The fourth-order valence-corrected chi connectivity index (χ4v) is 2.96. The van der Waals surface area contributed by atoms with E-state index in [0.29, 0.717) is 12.1 Å². The van der Waals surface area contributed by atoms with Crippen LogP contribution in [0.3, 0.4) is 0 Å². The lowest BCUT2D eigenvalue weighted by atomic mass is 9.80. The number of halogens is 6. The Morgan fingerprint density at radius 2 is 1.10 bits per heavy atom. The van der Waals surface area contributed by atoms with Gasteiger partial charge in [-0.3, -0.25) is 0 Å². The molecule has 0 saturated heterocycles. The first-order valence-electron chi connectivity index (χ1n) is 8.40. The second-order valence-corrected chi connectivity index (χ2v) is 6.40. The monoisotopic (exact) mass is 416 g/mol. The van der Waals surface area contributed by atoms with E-state index in [4.69, 9.17) is 0 Å². The first kappa shape index (κ1) is 22.4. The zero-order valence-corrected chi connectivity index (χ0v) is 15.1. The van der Waals surface area contributed by atoms with Gasteiger partial charge in [-0.25, -0.2) is 4.39 Å². The molecule has 0 bridgehead atoms. The summed E-state index contributed by atoms with van der Waals surface area (Å²) in [7, 11) is 0. The van der Waals surface area contributed by atoms with Gasteiger partial charge in [-0.2, -0.15) is 22.0 Å². The van der Waals surface area contributed by atoms with Crippen molar-refractivity contribution >= 4 is 0 Å². The number of hydrogen-bond donors (Lipinski definition) is 2. The number of benzene rings is 2. The van der Waals surface area contributed by atoms with E-state index < -0.39 is 40.4 Å². The molecule has 156 valence electrons. The van der Waals surface area contributed by atoms with Gasteiger partial charge in [-0.1, -0.05) is 24.3 Å². The molecule has 0 aliphatic carbocycles. The van der Waals surface area contributed by atoms with Crippen molar-refractivity contribution in [1.29, 1.82) is 0 Å². The van der Waals surface area contributed by atoms with E-state index >= 15 is 4.39 Å². The summed E-state index contributed by atoms with van der Waals surface area (Å²) in [6.45, 7) is 6.81. The summed E-state index contributed by atoms with van der Waals surface area (Å²) in [5.74, 6) is -6.61. The summed E-state index contributed by atoms with van der Waals surface area (Å²) >= 11 is 0. The number of alkyl halides is 6. The lowest BCUT2D eigenvalue weighted by Gasteiger charge is -2.36. The highest BCUT2D eigenvalue weighted by molar-refractivity contribution is 5.49. The molecule has 0 radical (unpaired) electrons. The molecule has 0 fully saturated rings. The van der Waals surface area contributed by atoms with E-state index in [1.807, 2.05) is 0 Å².